The van der Waals surface area contributed by atoms with Gasteiger partial charge in [0.05, 0.1) is 24.4 Å². The first-order chi connectivity index (χ1) is 15.9. The molecule has 3 rings (SSSR count). The monoisotopic (exact) mass is 600 g/mol. The molecule has 11 nitrogen and oxygen atoms in total. The van der Waals surface area contributed by atoms with E-state index in [1.165, 1.54) is 6.33 Å². The molecule has 0 bridgehead atoms. The predicted octanol–water partition coefficient (Wildman–Crippen LogP) is 5.22. The van der Waals surface area contributed by atoms with Crippen LogP contribution >= 0.6 is 22.6 Å². The van der Waals surface area contributed by atoms with Crippen molar-refractivity contribution in [2.45, 2.75) is 63.8 Å². The van der Waals surface area contributed by atoms with Gasteiger partial charge in [0, 0.05) is 35.2 Å². The second kappa shape index (κ2) is 10.9. The highest BCUT2D eigenvalue weighted by atomic mass is 127. The Kier molecular flexibility index (Phi) is 8.58. The van der Waals surface area contributed by atoms with Gasteiger partial charge in [-0.2, -0.15) is 0 Å². The largest absolute Gasteiger partial charge is 0.414 e. The van der Waals surface area contributed by atoms with Crippen molar-refractivity contribution in [2.24, 2.45) is 10.1 Å². The van der Waals surface area contributed by atoms with Gasteiger partial charge in [-0.15, -0.1) is 0 Å². The third-order valence-corrected chi connectivity index (χ3v) is 11.6. The average Bonchev–Trinajstić information content (AvgIpc) is 3.31. The number of aromatic nitrogens is 3. The van der Waals surface area contributed by atoms with E-state index < -0.39 is 8.32 Å². The third-order valence-electron chi connectivity index (χ3n) is 6.27. The molecule has 13 heteroatoms. The number of rotatable bonds is 9. The Morgan fingerprint density at radius 1 is 1.38 bits per heavy atom. The van der Waals surface area contributed by atoms with Crippen LogP contribution in [0.5, 0.6) is 0 Å². The maximum atomic E-state index is 8.66. The minimum Gasteiger partial charge on any atom is -0.414 e. The van der Waals surface area contributed by atoms with E-state index in [0.717, 1.165) is 14.6 Å². The Labute approximate surface area is 214 Å². The van der Waals surface area contributed by atoms with Crippen molar-refractivity contribution >= 4 is 54.1 Å². The molecule has 1 fully saturated rings. The Morgan fingerprint density at radius 2 is 2.12 bits per heavy atom. The summed E-state index contributed by atoms with van der Waals surface area (Å²) in [4.78, 5) is 18.0. The molecule has 0 amide bonds. The number of halogens is 1. The van der Waals surface area contributed by atoms with E-state index >= 15 is 0 Å². The van der Waals surface area contributed by atoms with Crippen LogP contribution in [0.4, 0.5) is 5.82 Å². The molecule has 0 saturated carbocycles. The van der Waals surface area contributed by atoms with E-state index in [1.54, 1.807) is 6.34 Å². The summed E-state index contributed by atoms with van der Waals surface area (Å²) in [6.45, 7) is 11.4. The standard InChI is InChI=1S/C21H33IN8O3Si/c1-21(2,3)34(6,7)32-10-16-15(31-13-27-28-23)8-17(33-16)30-9-14(22)18-19(26-12-29(4)5)24-11-25-20(18)30/h9,11-12,15-17H,8,10,13H2,1-7H3/b26-12+/t15-,16-,17-/m1/s1. The van der Waals surface area contributed by atoms with Crippen molar-refractivity contribution in [3.05, 3.63) is 26.5 Å². The molecule has 1 aliphatic heterocycles. The van der Waals surface area contributed by atoms with Gasteiger partial charge in [0.2, 0.25) is 0 Å². The molecule has 3 atom stereocenters. The van der Waals surface area contributed by atoms with Crippen LogP contribution in [0.1, 0.15) is 33.4 Å². The van der Waals surface area contributed by atoms with Crippen molar-refractivity contribution < 1.29 is 13.9 Å². The fourth-order valence-electron chi connectivity index (χ4n) is 3.37. The lowest BCUT2D eigenvalue weighted by atomic mass is 10.2. The summed E-state index contributed by atoms with van der Waals surface area (Å²) in [5.41, 5.74) is 9.40. The van der Waals surface area contributed by atoms with E-state index in [-0.39, 0.29) is 30.2 Å². The topological polar surface area (TPSA) is 123 Å². The molecule has 3 heterocycles. The maximum Gasteiger partial charge on any atom is 0.192 e. The lowest BCUT2D eigenvalue weighted by Gasteiger charge is -2.37. The lowest BCUT2D eigenvalue weighted by Crippen LogP contribution is -2.44. The summed E-state index contributed by atoms with van der Waals surface area (Å²) in [7, 11) is 1.85. The van der Waals surface area contributed by atoms with Gasteiger partial charge in [-0.3, -0.25) is 0 Å². The Balaban J connectivity index is 1.88. The van der Waals surface area contributed by atoms with Gasteiger partial charge in [0.1, 0.15) is 31.0 Å². The molecule has 34 heavy (non-hydrogen) atoms. The molecule has 2 aromatic rings. The molecule has 186 valence electrons. The first-order valence-electron chi connectivity index (χ1n) is 11.1. The number of aliphatic imine (C=N–C) groups is 1. The molecule has 0 unspecified atom stereocenters. The normalized spacial score (nSPS) is 21.4. The SMILES string of the molecule is CN(C)/C=N/c1ncnc2c1c(I)cn2[C@H]1C[C@@H](OCN=[N+]=[N-])[C@@H](CO[Si](C)(C)C(C)(C)C)O1. The minimum atomic E-state index is -1.97. The van der Waals surface area contributed by atoms with E-state index in [2.05, 4.69) is 81.4 Å². The number of hydrogen-bond donors (Lipinski definition) is 0. The van der Waals surface area contributed by atoms with Gasteiger partial charge in [0.15, 0.2) is 14.1 Å². The minimum absolute atomic E-state index is 0.0522. The summed E-state index contributed by atoms with van der Waals surface area (Å²) in [5.74, 6) is 0.605. The van der Waals surface area contributed by atoms with Crippen LogP contribution in [0.3, 0.4) is 0 Å². The molecule has 1 saturated heterocycles. The van der Waals surface area contributed by atoms with Gasteiger partial charge in [0.25, 0.3) is 0 Å². The second-order valence-corrected chi connectivity index (χ2v) is 16.0. The number of nitrogens with zero attached hydrogens (tertiary/aromatic N) is 8. The van der Waals surface area contributed by atoms with E-state index in [4.69, 9.17) is 19.4 Å². The van der Waals surface area contributed by atoms with Gasteiger partial charge >= 0.3 is 0 Å². The van der Waals surface area contributed by atoms with Crippen molar-refractivity contribution in [3.63, 3.8) is 0 Å². The molecular weight excluding hydrogens is 567 g/mol. The van der Waals surface area contributed by atoms with Crippen molar-refractivity contribution in [2.75, 3.05) is 27.4 Å². The summed E-state index contributed by atoms with van der Waals surface area (Å²) < 4.78 is 21.7. The zero-order valence-electron chi connectivity index (χ0n) is 20.8. The number of fused-ring (bicyclic) bond motifs is 1. The van der Waals surface area contributed by atoms with Crippen LogP contribution in [0, 0.1) is 3.57 Å². The molecule has 0 aliphatic carbocycles. The molecule has 1 aliphatic rings. The smallest absolute Gasteiger partial charge is 0.192 e. The zero-order chi connectivity index (χ0) is 25.1. The van der Waals surface area contributed by atoms with Crippen LogP contribution in [0.25, 0.3) is 21.5 Å². The third kappa shape index (κ3) is 6.07. The zero-order valence-corrected chi connectivity index (χ0v) is 23.9. The van der Waals surface area contributed by atoms with Crippen molar-refractivity contribution in [1.29, 1.82) is 0 Å². The Hall–Kier alpha value is -1.77. The van der Waals surface area contributed by atoms with Gasteiger partial charge in [-0.05, 0) is 46.3 Å². The van der Waals surface area contributed by atoms with Crippen LogP contribution in [0.2, 0.25) is 18.1 Å². The van der Waals surface area contributed by atoms with Crippen molar-refractivity contribution in [1.82, 2.24) is 19.4 Å². The summed E-state index contributed by atoms with van der Waals surface area (Å²) in [6, 6.07) is 0. The van der Waals surface area contributed by atoms with Crippen LogP contribution < -0.4 is 0 Å². The molecule has 2 aromatic heterocycles. The predicted molar refractivity (Wildman–Crippen MR) is 143 cm³/mol. The fourth-order valence-corrected chi connectivity index (χ4v) is 5.17. The van der Waals surface area contributed by atoms with Gasteiger partial charge in [-0.1, -0.05) is 25.9 Å². The van der Waals surface area contributed by atoms with Crippen molar-refractivity contribution in [3.8, 4) is 0 Å². The highest BCUT2D eigenvalue weighted by molar-refractivity contribution is 14.1. The van der Waals surface area contributed by atoms with Crippen LogP contribution in [0.15, 0.2) is 22.6 Å². The second-order valence-electron chi connectivity index (χ2n) is 9.99. The molecule has 0 radical (unpaired) electrons. The van der Waals surface area contributed by atoms with Crippen LogP contribution in [-0.2, 0) is 13.9 Å². The molecule has 0 spiro atoms. The fraction of sp³-hybridized carbons (Fsp3) is 0.667. The van der Waals surface area contributed by atoms with E-state index in [9.17, 15) is 0 Å². The Bertz CT molecular complexity index is 1080. The molecule has 0 N–H and O–H groups in total. The lowest BCUT2D eigenvalue weighted by molar-refractivity contribution is -0.0568. The first-order valence-corrected chi connectivity index (χ1v) is 15.1. The average molecular weight is 601 g/mol. The van der Waals surface area contributed by atoms with Gasteiger partial charge < -0.3 is 23.4 Å². The highest BCUT2D eigenvalue weighted by Gasteiger charge is 2.42. The quantitative estimate of drug-likeness (QED) is 0.0740. The highest BCUT2D eigenvalue weighted by Crippen LogP contribution is 2.40. The van der Waals surface area contributed by atoms with E-state index in [1.807, 2.05) is 29.8 Å². The number of ether oxygens (including phenoxy) is 2. The number of hydrogen-bond acceptors (Lipinski definition) is 7. The molecule has 0 aromatic carbocycles. The number of azide groups is 1. The van der Waals surface area contributed by atoms with Gasteiger partial charge in [-0.25, -0.2) is 15.0 Å². The summed E-state index contributed by atoms with van der Waals surface area (Å²) >= 11 is 2.27. The van der Waals surface area contributed by atoms with E-state index in [0.29, 0.717) is 18.8 Å². The summed E-state index contributed by atoms with van der Waals surface area (Å²) in [6.07, 6.45) is 4.93. The molecular formula is C21H33IN8O3Si. The summed E-state index contributed by atoms with van der Waals surface area (Å²) in [5, 5.41) is 4.49. The first kappa shape index (κ1) is 26.8. The maximum absolute atomic E-state index is 8.66. The Morgan fingerprint density at radius 3 is 2.76 bits per heavy atom. The van der Waals surface area contributed by atoms with Crippen LogP contribution in [-0.4, -0.2) is 73.7 Å².